The lowest BCUT2D eigenvalue weighted by molar-refractivity contribution is 0.400. The molecule has 0 bridgehead atoms. The maximum atomic E-state index is 5.32. The molecule has 0 saturated heterocycles. The molecule has 8 heteroatoms. The Balaban J connectivity index is 2.28. The third-order valence-corrected chi connectivity index (χ3v) is 3.93. The molecule has 0 aliphatic heterocycles. The van der Waals surface area contributed by atoms with Crippen molar-refractivity contribution in [3.8, 4) is 5.75 Å². The molecular formula is C10H13N5OS2. The Morgan fingerprint density at radius 3 is 2.89 bits per heavy atom. The minimum Gasteiger partial charge on any atom is -0.490 e. The monoisotopic (exact) mass is 283 g/mol. The molecule has 2 aromatic rings. The van der Waals surface area contributed by atoms with E-state index in [1.807, 2.05) is 6.92 Å². The second-order valence-corrected chi connectivity index (χ2v) is 5.23. The van der Waals surface area contributed by atoms with Crippen LogP contribution in [0.5, 0.6) is 5.75 Å². The number of hydrogen-bond donors (Lipinski definition) is 1. The molecule has 0 saturated carbocycles. The van der Waals surface area contributed by atoms with Crippen LogP contribution in [0.25, 0.3) is 0 Å². The summed E-state index contributed by atoms with van der Waals surface area (Å²) in [5.74, 6) is 2.14. The zero-order valence-corrected chi connectivity index (χ0v) is 11.9. The summed E-state index contributed by atoms with van der Waals surface area (Å²) in [4.78, 5) is 12.7. The Hall–Kier alpha value is -1.41. The fourth-order valence-electron chi connectivity index (χ4n) is 1.30. The van der Waals surface area contributed by atoms with Crippen molar-refractivity contribution in [2.45, 2.75) is 22.7 Å². The normalized spacial score (nSPS) is 10.4. The third-order valence-electron chi connectivity index (χ3n) is 2.16. The van der Waals surface area contributed by atoms with Crippen molar-refractivity contribution < 1.29 is 4.74 Å². The summed E-state index contributed by atoms with van der Waals surface area (Å²) in [6.45, 7) is 2.03. The average Bonchev–Trinajstić information content (AvgIpc) is 2.86. The first kappa shape index (κ1) is 13.0. The highest BCUT2D eigenvalue weighted by atomic mass is 32.2. The van der Waals surface area contributed by atoms with Crippen LogP contribution in [-0.2, 0) is 6.42 Å². The number of hydrogen-bond acceptors (Lipinski definition) is 8. The molecule has 0 spiro atoms. The van der Waals surface area contributed by atoms with Crippen LogP contribution in [0, 0.1) is 0 Å². The van der Waals surface area contributed by atoms with Gasteiger partial charge in [-0.15, -0.1) is 0 Å². The Labute approximate surface area is 113 Å². The molecule has 2 rings (SSSR count). The number of rotatable bonds is 5. The van der Waals surface area contributed by atoms with E-state index < -0.39 is 0 Å². The van der Waals surface area contributed by atoms with E-state index in [0.29, 0.717) is 11.6 Å². The van der Waals surface area contributed by atoms with Crippen molar-refractivity contribution in [1.29, 1.82) is 0 Å². The summed E-state index contributed by atoms with van der Waals surface area (Å²) >= 11 is 2.80. The molecule has 2 heterocycles. The fraction of sp³-hybridized carbons (Fsp3) is 0.400. The van der Waals surface area contributed by atoms with Gasteiger partial charge in [-0.1, -0.05) is 6.92 Å². The van der Waals surface area contributed by atoms with Gasteiger partial charge in [-0.25, -0.2) is 15.0 Å². The lowest BCUT2D eigenvalue weighted by Gasteiger charge is -2.09. The number of anilines is 1. The molecule has 0 aliphatic rings. The van der Waals surface area contributed by atoms with E-state index in [4.69, 9.17) is 4.74 Å². The molecule has 0 radical (unpaired) electrons. The van der Waals surface area contributed by atoms with E-state index in [0.717, 1.165) is 21.6 Å². The quantitative estimate of drug-likeness (QED) is 0.842. The SMILES string of the molecule is CCc1nsc(Sc2ncnc(NC)c2OC)n1. The number of aryl methyl sites for hydroxylation is 1. The van der Waals surface area contributed by atoms with E-state index >= 15 is 0 Å². The molecule has 0 aromatic carbocycles. The minimum absolute atomic E-state index is 0.623. The zero-order valence-electron chi connectivity index (χ0n) is 10.3. The Morgan fingerprint density at radius 1 is 1.44 bits per heavy atom. The van der Waals surface area contributed by atoms with E-state index in [9.17, 15) is 0 Å². The molecule has 0 aliphatic carbocycles. The second-order valence-electron chi connectivity index (χ2n) is 3.24. The van der Waals surface area contributed by atoms with Gasteiger partial charge >= 0.3 is 0 Å². The van der Waals surface area contributed by atoms with Crippen molar-refractivity contribution >= 4 is 29.1 Å². The van der Waals surface area contributed by atoms with Crippen LogP contribution in [0.2, 0.25) is 0 Å². The zero-order chi connectivity index (χ0) is 13.0. The molecule has 96 valence electrons. The first-order chi connectivity index (χ1) is 8.78. The second kappa shape index (κ2) is 5.96. The highest BCUT2D eigenvalue weighted by Crippen LogP contribution is 2.36. The van der Waals surface area contributed by atoms with Gasteiger partial charge in [0.15, 0.2) is 20.9 Å². The van der Waals surface area contributed by atoms with Gasteiger partial charge in [0.05, 0.1) is 7.11 Å². The molecule has 0 atom stereocenters. The van der Waals surface area contributed by atoms with Crippen LogP contribution < -0.4 is 10.1 Å². The minimum atomic E-state index is 0.623. The topological polar surface area (TPSA) is 72.8 Å². The number of ether oxygens (including phenoxy) is 1. The first-order valence-electron chi connectivity index (χ1n) is 5.35. The van der Waals surface area contributed by atoms with Crippen molar-refractivity contribution in [3.05, 3.63) is 12.2 Å². The molecule has 2 aromatic heterocycles. The maximum Gasteiger partial charge on any atom is 0.194 e. The largest absolute Gasteiger partial charge is 0.490 e. The molecular weight excluding hydrogens is 270 g/mol. The van der Waals surface area contributed by atoms with Crippen LogP contribution >= 0.6 is 23.3 Å². The molecule has 0 amide bonds. The van der Waals surface area contributed by atoms with Crippen molar-refractivity contribution in [3.63, 3.8) is 0 Å². The van der Waals surface area contributed by atoms with Crippen LogP contribution in [0.15, 0.2) is 15.7 Å². The lowest BCUT2D eigenvalue weighted by Crippen LogP contribution is -1.99. The highest BCUT2D eigenvalue weighted by Gasteiger charge is 2.14. The Morgan fingerprint density at radius 2 is 2.28 bits per heavy atom. The predicted octanol–water partition coefficient (Wildman–Crippen LogP) is 2.09. The number of nitrogens with zero attached hydrogens (tertiary/aromatic N) is 4. The van der Waals surface area contributed by atoms with E-state index in [-0.39, 0.29) is 0 Å². The number of methoxy groups -OCH3 is 1. The van der Waals surface area contributed by atoms with Gasteiger partial charge in [0.1, 0.15) is 12.2 Å². The summed E-state index contributed by atoms with van der Waals surface area (Å²) in [6, 6.07) is 0. The van der Waals surface area contributed by atoms with Gasteiger partial charge < -0.3 is 10.1 Å². The predicted molar refractivity (Wildman–Crippen MR) is 71.5 cm³/mol. The summed E-state index contributed by atoms with van der Waals surface area (Å²) < 4.78 is 10.4. The molecule has 6 nitrogen and oxygen atoms in total. The summed E-state index contributed by atoms with van der Waals surface area (Å²) in [5, 5.41) is 3.70. The number of nitrogens with one attached hydrogen (secondary N) is 1. The van der Waals surface area contributed by atoms with Gasteiger partial charge in [0, 0.05) is 13.5 Å². The van der Waals surface area contributed by atoms with Gasteiger partial charge in [-0.3, -0.25) is 0 Å². The van der Waals surface area contributed by atoms with Crippen molar-refractivity contribution in [2.75, 3.05) is 19.5 Å². The van der Waals surface area contributed by atoms with Crippen molar-refractivity contribution in [2.24, 2.45) is 0 Å². The maximum absolute atomic E-state index is 5.32. The van der Waals surface area contributed by atoms with E-state index in [2.05, 4.69) is 24.6 Å². The molecule has 0 fully saturated rings. The highest BCUT2D eigenvalue weighted by molar-refractivity contribution is 8.01. The van der Waals surface area contributed by atoms with Crippen LogP contribution in [-0.4, -0.2) is 33.5 Å². The standard InChI is InChI=1S/C10H13N5OS2/c1-4-6-14-10(18-15-6)17-9-7(16-3)8(11-2)12-5-13-9/h5H,4H2,1-3H3,(H,11,12,13). The van der Waals surface area contributed by atoms with Gasteiger partial charge in [0.2, 0.25) is 0 Å². The van der Waals surface area contributed by atoms with E-state index in [1.54, 1.807) is 14.2 Å². The molecule has 18 heavy (non-hydrogen) atoms. The Kier molecular flexibility index (Phi) is 4.32. The summed E-state index contributed by atoms with van der Waals surface area (Å²) in [6.07, 6.45) is 2.33. The fourth-order valence-corrected chi connectivity index (χ4v) is 2.98. The smallest absolute Gasteiger partial charge is 0.194 e. The molecule has 0 unspecified atom stereocenters. The third kappa shape index (κ3) is 2.70. The van der Waals surface area contributed by atoms with Gasteiger partial charge in [-0.05, 0) is 23.3 Å². The number of aromatic nitrogens is 4. The summed E-state index contributed by atoms with van der Waals surface area (Å²) in [7, 11) is 3.39. The average molecular weight is 283 g/mol. The van der Waals surface area contributed by atoms with Crippen LogP contribution in [0.3, 0.4) is 0 Å². The molecule has 1 N–H and O–H groups in total. The lowest BCUT2D eigenvalue weighted by atomic mass is 10.5. The Bertz CT molecular complexity index is 531. The van der Waals surface area contributed by atoms with Crippen molar-refractivity contribution in [1.82, 2.24) is 19.3 Å². The van der Waals surface area contributed by atoms with Crippen LogP contribution in [0.4, 0.5) is 5.82 Å². The van der Waals surface area contributed by atoms with Crippen LogP contribution in [0.1, 0.15) is 12.7 Å². The van der Waals surface area contributed by atoms with Gasteiger partial charge in [-0.2, -0.15) is 4.37 Å². The first-order valence-corrected chi connectivity index (χ1v) is 6.94. The van der Waals surface area contributed by atoms with E-state index in [1.165, 1.54) is 29.6 Å². The van der Waals surface area contributed by atoms with Gasteiger partial charge in [0.25, 0.3) is 0 Å². The summed E-state index contributed by atoms with van der Waals surface area (Å²) in [5.41, 5.74) is 0.